The van der Waals surface area contributed by atoms with Crippen molar-refractivity contribution in [2.24, 2.45) is 11.7 Å². The Morgan fingerprint density at radius 2 is 2.03 bits per heavy atom. The van der Waals surface area contributed by atoms with E-state index in [0.29, 0.717) is 6.04 Å². The van der Waals surface area contributed by atoms with Crippen molar-refractivity contribution >= 4 is 17.2 Å². The van der Waals surface area contributed by atoms with Crippen molar-refractivity contribution in [3.63, 3.8) is 0 Å². The van der Waals surface area contributed by atoms with E-state index in [9.17, 15) is 4.79 Å². The van der Waals surface area contributed by atoms with Gasteiger partial charge in [-0.15, -0.1) is 0 Å². The first-order valence-corrected chi connectivity index (χ1v) is 10.6. The van der Waals surface area contributed by atoms with Gasteiger partial charge in [-0.05, 0) is 68.7 Å². The zero-order chi connectivity index (χ0) is 20.2. The van der Waals surface area contributed by atoms with E-state index in [4.69, 9.17) is 10.8 Å². The highest BCUT2D eigenvalue weighted by molar-refractivity contribution is 5.89. The third-order valence-corrected chi connectivity index (χ3v) is 5.83. The molecule has 3 N–H and O–H groups in total. The summed E-state index contributed by atoms with van der Waals surface area (Å²) in [6, 6.07) is 12.3. The van der Waals surface area contributed by atoms with Gasteiger partial charge in [-0.3, -0.25) is 4.79 Å². The summed E-state index contributed by atoms with van der Waals surface area (Å²) in [5.41, 5.74) is 10.6. The van der Waals surface area contributed by atoms with Gasteiger partial charge in [0.05, 0.1) is 17.6 Å². The first-order valence-electron chi connectivity index (χ1n) is 10.6. The highest BCUT2D eigenvalue weighted by Crippen LogP contribution is 2.28. The van der Waals surface area contributed by atoms with Gasteiger partial charge < -0.3 is 11.1 Å². The number of fused-ring (bicyclic) bond motifs is 1. The van der Waals surface area contributed by atoms with E-state index < -0.39 is 0 Å². The Labute approximate surface area is 171 Å². The Morgan fingerprint density at radius 3 is 2.83 bits per heavy atom. The molecule has 6 heteroatoms. The lowest BCUT2D eigenvalue weighted by molar-refractivity contribution is -0.114. The number of benzene rings is 1. The minimum Gasteiger partial charge on any atom is -0.328 e. The number of aryl methyl sites for hydroxylation is 1. The fourth-order valence-electron chi connectivity index (χ4n) is 4.25. The average Bonchev–Trinajstić information content (AvgIpc) is 3.12. The smallest absolute Gasteiger partial charge is 0.221 e. The summed E-state index contributed by atoms with van der Waals surface area (Å²) in [6.07, 6.45) is 10.1. The summed E-state index contributed by atoms with van der Waals surface area (Å²) >= 11 is 0. The Hall–Kier alpha value is -2.73. The van der Waals surface area contributed by atoms with Crippen LogP contribution in [0.5, 0.6) is 0 Å². The molecule has 1 aliphatic carbocycles. The molecule has 6 nitrogen and oxygen atoms in total. The second kappa shape index (κ2) is 8.74. The predicted octanol–water partition coefficient (Wildman–Crippen LogP) is 4.19. The monoisotopic (exact) mass is 391 g/mol. The van der Waals surface area contributed by atoms with Crippen LogP contribution in [0.4, 0.5) is 5.69 Å². The zero-order valence-corrected chi connectivity index (χ0v) is 17.0. The Bertz CT molecular complexity index is 988. The summed E-state index contributed by atoms with van der Waals surface area (Å²) in [5, 5.41) is 7.68. The van der Waals surface area contributed by atoms with Crippen molar-refractivity contribution in [2.45, 2.75) is 57.9 Å². The van der Waals surface area contributed by atoms with Crippen molar-refractivity contribution in [1.29, 1.82) is 0 Å². The number of nitrogens with one attached hydrogen (secondary N) is 1. The molecule has 29 heavy (non-hydrogen) atoms. The average molecular weight is 392 g/mol. The lowest BCUT2D eigenvalue weighted by atomic mass is 9.83. The molecule has 1 fully saturated rings. The second-order valence-corrected chi connectivity index (χ2v) is 8.17. The second-order valence-electron chi connectivity index (χ2n) is 8.17. The van der Waals surface area contributed by atoms with Gasteiger partial charge in [0.25, 0.3) is 0 Å². The molecule has 1 saturated carbocycles. The molecule has 0 saturated heterocycles. The number of carbonyl (C=O) groups is 1. The van der Waals surface area contributed by atoms with Crippen molar-refractivity contribution in [1.82, 2.24) is 14.6 Å². The highest BCUT2D eigenvalue weighted by Gasteiger charge is 2.18. The van der Waals surface area contributed by atoms with Gasteiger partial charge in [-0.25, -0.2) is 9.50 Å². The van der Waals surface area contributed by atoms with Crippen LogP contribution in [0.2, 0.25) is 0 Å². The minimum atomic E-state index is -0.0827. The quantitative estimate of drug-likeness (QED) is 0.660. The third-order valence-electron chi connectivity index (χ3n) is 5.83. The molecule has 0 unspecified atom stereocenters. The van der Waals surface area contributed by atoms with E-state index in [1.165, 1.54) is 39.0 Å². The number of nitrogens with zero attached hydrogens (tertiary/aromatic N) is 3. The number of amides is 1. The van der Waals surface area contributed by atoms with Gasteiger partial charge in [0.2, 0.25) is 5.91 Å². The third kappa shape index (κ3) is 4.82. The van der Waals surface area contributed by atoms with Gasteiger partial charge in [0.15, 0.2) is 5.65 Å². The lowest BCUT2D eigenvalue weighted by Gasteiger charge is -2.25. The summed E-state index contributed by atoms with van der Waals surface area (Å²) in [7, 11) is 0. The highest BCUT2D eigenvalue weighted by atomic mass is 16.1. The molecular formula is C23H29N5O. The van der Waals surface area contributed by atoms with E-state index in [1.807, 2.05) is 41.0 Å². The SMILES string of the molecule is CC(=O)Nc1cccc(-c2cnc3ccc(CCCC4CCC(N)CC4)nn23)c1. The van der Waals surface area contributed by atoms with E-state index in [2.05, 4.69) is 16.4 Å². The van der Waals surface area contributed by atoms with Crippen LogP contribution in [-0.2, 0) is 11.2 Å². The topological polar surface area (TPSA) is 85.3 Å². The van der Waals surface area contributed by atoms with E-state index in [1.54, 1.807) is 0 Å². The van der Waals surface area contributed by atoms with Gasteiger partial charge in [-0.1, -0.05) is 18.6 Å². The molecule has 2 aromatic heterocycles. The molecule has 1 aliphatic rings. The van der Waals surface area contributed by atoms with Gasteiger partial charge in [0.1, 0.15) is 0 Å². The molecule has 0 bridgehead atoms. The van der Waals surface area contributed by atoms with Crippen LogP contribution in [0.25, 0.3) is 16.9 Å². The number of anilines is 1. The van der Waals surface area contributed by atoms with Gasteiger partial charge in [0, 0.05) is 24.2 Å². The summed E-state index contributed by atoms with van der Waals surface area (Å²) in [4.78, 5) is 15.8. The standard InChI is InChI=1S/C23H29N5O/c1-16(29)26-21-7-3-5-18(14-21)22-15-25-23-13-12-20(27-28(22)23)6-2-4-17-8-10-19(24)11-9-17/h3,5,7,12-15,17,19H,2,4,6,8-11,24H2,1H3,(H,26,29). The van der Waals surface area contributed by atoms with Crippen LogP contribution in [-0.4, -0.2) is 26.5 Å². The maximum absolute atomic E-state index is 11.4. The molecule has 0 aliphatic heterocycles. The number of hydrogen-bond acceptors (Lipinski definition) is 4. The number of rotatable bonds is 6. The summed E-state index contributed by atoms with van der Waals surface area (Å²) < 4.78 is 1.90. The number of carbonyl (C=O) groups excluding carboxylic acids is 1. The van der Waals surface area contributed by atoms with Gasteiger partial charge >= 0.3 is 0 Å². The van der Waals surface area contributed by atoms with E-state index in [-0.39, 0.29) is 5.91 Å². The van der Waals surface area contributed by atoms with Crippen molar-refractivity contribution in [2.75, 3.05) is 5.32 Å². The number of nitrogens with two attached hydrogens (primary N) is 1. The molecule has 0 radical (unpaired) electrons. The normalized spacial score (nSPS) is 19.4. The van der Waals surface area contributed by atoms with Crippen LogP contribution < -0.4 is 11.1 Å². The summed E-state index contributed by atoms with van der Waals surface area (Å²) in [5.74, 6) is 0.736. The fourth-order valence-corrected chi connectivity index (χ4v) is 4.25. The first kappa shape index (κ1) is 19.6. The number of hydrogen-bond donors (Lipinski definition) is 2. The number of aromatic nitrogens is 3. The van der Waals surface area contributed by atoms with Crippen LogP contribution in [0, 0.1) is 5.92 Å². The van der Waals surface area contributed by atoms with Crippen LogP contribution >= 0.6 is 0 Å². The first-order chi connectivity index (χ1) is 14.1. The van der Waals surface area contributed by atoms with Crippen LogP contribution in [0.1, 0.15) is 51.1 Å². The van der Waals surface area contributed by atoms with Crippen molar-refractivity contribution < 1.29 is 4.79 Å². The Balaban J connectivity index is 1.47. The molecule has 3 aromatic rings. The van der Waals surface area contributed by atoms with Gasteiger partial charge in [-0.2, -0.15) is 5.10 Å². The minimum absolute atomic E-state index is 0.0827. The maximum atomic E-state index is 11.4. The Morgan fingerprint density at radius 1 is 1.21 bits per heavy atom. The van der Waals surface area contributed by atoms with Crippen molar-refractivity contribution in [3.05, 3.63) is 48.3 Å². The molecule has 0 atom stereocenters. The largest absolute Gasteiger partial charge is 0.328 e. The predicted molar refractivity (Wildman–Crippen MR) is 116 cm³/mol. The molecule has 2 heterocycles. The molecule has 1 aromatic carbocycles. The fraction of sp³-hybridized carbons (Fsp3) is 0.435. The molecule has 4 rings (SSSR count). The zero-order valence-electron chi connectivity index (χ0n) is 17.0. The molecule has 0 spiro atoms. The summed E-state index contributed by atoms with van der Waals surface area (Å²) in [6.45, 7) is 1.51. The van der Waals surface area contributed by atoms with E-state index in [0.717, 1.165) is 47.0 Å². The lowest BCUT2D eigenvalue weighted by Crippen LogP contribution is -2.26. The molecular weight excluding hydrogens is 362 g/mol. The van der Waals surface area contributed by atoms with Crippen molar-refractivity contribution in [3.8, 4) is 11.3 Å². The van der Waals surface area contributed by atoms with Crippen LogP contribution in [0.15, 0.2) is 42.6 Å². The van der Waals surface area contributed by atoms with E-state index >= 15 is 0 Å². The van der Waals surface area contributed by atoms with Crippen LogP contribution in [0.3, 0.4) is 0 Å². The molecule has 152 valence electrons. The number of imidazole rings is 1. The Kier molecular flexibility index (Phi) is 5.90. The molecule has 1 amide bonds. The maximum Gasteiger partial charge on any atom is 0.221 e.